The zero-order chi connectivity index (χ0) is 36.6. The first-order valence-corrected chi connectivity index (χ1v) is 19.2. The Morgan fingerprint density at radius 2 is 0.846 bits per heavy atom. The van der Waals surface area contributed by atoms with Gasteiger partial charge in [-0.25, -0.2) is 4.98 Å². The standard InChI is InChI=1S/C30H34N2Si.C18H15B/c1-28(2,3)23-12-10-14-25(20-23)30(32-19-18-31-22-32,33-27-16-8-7-9-17-27)26-15-11-13-24(21-26)29(4,5)6;1-4-10-16(11-5-1)19(17-12-6-2-7-13-17)18-14-8-3-9-15-18/h7-22H,1-6H3;1-15H. The Morgan fingerprint density at radius 1 is 0.462 bits per heavy atom. The fraction of sp³-hybridized carbons (Fsp3) is 0.188. The Labute approximate surface area is 314 Å². The third-order valence-corrected chi connectivity index (χ3v) is 11.5. The number of benzene rings is 6. The van der Waals surface area contributed by atoms with Gasteiger partial charge in [-0.3, -0.25) is 0 Å². The molecule has 1 heterocycles. The monoisotopic (exact) mass is 692 g/mol. The molecule has 2 radical (unpaired) electrons. The van der Waals surface area contributed by atoms with Gasteiger partial charge in [-0.1, -0.05) is 233 Å². The van der Waals surface area contributed by atoms with Crippen LogP contribution >= 0.6 is 0 Å². The van der Waals surface area contributed by atoms with Gasteiger partial charge in [0.1, 0.15) is 9.52 Å². The first-order chi connectivity index (χ1) is 25.1. The maximum absolute atomic E-state index is 4.49. The van der Waals surface area contributed by atoms with Gasteiger partial charge in [-0.2, -0.15) is 0 Å². The summed E-state index contributed by atoms with van der Waals surface area (Å²) < 4.78 is 2.31. The van der Waals surface area contributed by atoms with Crippen LogP contribution in [0.3, 0.4) is 0 Å². The molecule has 258 valence electrons. The van der Waals surface area contributed by atoms with Crippen LogP contribution in [0.1, 0.15) is 63.8 Å². The minimum Gasteiger partial charge on any atom is -0.326 e. The van der Waals surface area contributed by atoms with E-state index in [9.17, 15) is 0 Å². The predicted octanol–water partition coefficient (Wildman–Crippen LogP) is 8.46. The molecule has 0 aliphatic rings. The zero-order valence-corrected chi connectivity index (χ0v) is 32.4. The summed E-state index contributed by atoms with van der Waals surface area (Å²) in [5, 5.41) is 0.939. The van der Waals surface area contributed by atoms with Crippen LogP contribution < -0.4 is 21.6 Å². The number of hydrogen-bond acceptors (Lipinski definition) is 1. The summed E-state index contributed by atoms with van der Waals surface area (Å²) >= 11 is 0. The SMILES string of the molecule is CC(C)(C)c1cccc(C([Si]c2ccccc2)(c2cccc(C(C)(C)C)c2)n2ccnc2)c1.c1ccc(B(c2ccccc2)c2ccccc2)cc1. The highest BCUT2D eigenvalue weighted by Crippen LogP contribution is 2.37. The van der Waals surface area contributed by atoms with Crippen molar-refractivity contribution in [1.29, 1.82) is 0 Å². The van der Waals surface area contributed by atoms with E-state index in [1.165, 1.54) is 43.8 Å². The smallest absolute Gasteiger partial charge is 0.241 e. The summed E-state index contributed by atoms with van der Waals surface area (Å²) in [6.07, 6.45) is 5.98. The molecule has 7 rings (SSSR count). The van der Waals surface area contributed by atoms with Crippen molar-refractivity contribution >= 4 is 37.8 Å². The van der Waals surface area contributed by atoms with Crippen LogP contribution in [-0.4, -0.2) is 25.8 Å². The number of rotatable bonds is 8. The van der Waals surface area contributed by atoms with E-state index in [4.69, 9.17) is 0 Å². The van der Waals surface area contributed by atoms with Crippen LogP contribution in [0.5, 0.6) is 0 Å². The maximum Gasteiger partial charge on any atom is 0.241 e. The van der Waals surface area contributed by atoms with Crippen molar-refractivity contribution in [2.24, 2.45) is 0 Å². The molecule has 0 amide bonds. The fourth-order valence-electron chi connectivity index (χ4n) is 6.80. The van der Waals surface area contributed by atoms with Gasteiger partial charge in [0.25, 0.3) is 0 Å². The third kappa shape index (κ3) is 8.46. The van der Waals surface area contributed by atoms with Gasteiger partial charge in [-0.15, -0.1) is 0 Å². The van der Waals surface area contributed by atoms with Crippen molar-refractivity contribution in [3.8, 4) is 0 Å². The largest absolute Gasteiger partial charge is 0.326 e. The van der Waals surface area contributed by atoms with Crippen molar-refractivity contribution in [3.05, 3.63) is 211 Å². The molecule has 0 fully saturated rings. The minimum atomic E-state index is -0.389. The summed E-state index contributed by atoms with van der Waals surface area (Å²) in [5.74, 6) is 0. The predicted molar refractivity (Wildman–Crippen MR) is 225 cm³/mol. The van der Waals surface area contributed by atoms with Crippen LogP contribution in [0.2, 0.25) is 0 Å². The van der Waals surface area contributed by atoms with Gasteiger partial charge in [0.15, 0.2) is 0 Å². The van der Waals surface area contributed by atoms with Gasteiger partial charge in [-0.05, 0) is 33.1 Å². The summed E-state index contributed by atoms with van der Waals surface area (Å²) in [5.41, 5.74) is 9.41. The van der Waals surface area contributed by atoms with Crippen molar-refractivity contribution < 1.29 is 0 Å². The highest BCUT2D eigenvalue weighted by Gasteiger charge is 2.38. The van der Waals surface area contributed by atoms with Crippen molar-refractivity contribution in [2.75, 3.05) is 0 Å². The van der Waals surface area contributed by atoms with Crippen molar-refractivity contribution in [1.82, 2.24) is 9.55 Å². The summed E-state index contributed by atoms with van der Waals surface area (Å²) in [6, 6.07) is 61.2. The highest BCUT2D eigenvalue weighted by atomic mass is 28.2. The van der Waals surface area contributed by atoms with E-state index in [0.717, 1.165) is 0 Å². The first-order valence-electron chi connectivity index (χ1n) is 18.2. The summed E-state index contributed by atoms with van der Waals surface area (Å²) in [4.78, 5) is 4.49. The van der Waals surface area contributed by atoms with E-state index in [0.29, 0.717) is 16.2 Å². The van der Waals surface area contributed by atoms with Crippen molar-refractivity contribution in [2.45, 2.75) is 57.5 Å². The van der Waals surface area contributed by atoms with Crippen LogP contribution in [0.4, 0.5) is 0 Å². The van der Waals surface area contributed by atoms with Gasteiger partial charge >= 0.3 is 0 Å². The van der Waals surface area contributed by atoms with Crippen LogP contribution in [0.25, 0.3) is 0 Å². The normalized spacial score (nSPS) is 11.7. The number of nitrogens with zero attached hydrogens (tertiary/aromatic N) is 2. The topological polar surface area (TPSA) is 17.8 Å². The second-order valence-electron chi connectivity index (χ2n) is 15.5. The van der Waals surface area contributed by atoms with E-state index in [1.807, 2.05) is 12.5 Å². The van der Waals surface area contributed by atoms with E-state index in [1.54, 1.807) is 0 Å². The maximum atomic E-state index is 4.49. The fourth-order valence-corrected chi connectivity index (χ4v) is 8.43. The molecule has 1 aromatic heterocycles. The number of imidazole rings is 1. The molecule has 52 heavy (non-hydrogen) atoms. The first kappa shape index (κ1) is 36.6. The molecule has 0 saturated carbocycles. The molecule has 0 N–H and O–H groups in total. The van der Waals surface area contributed by atoms with Crippen molar-refractivity contribution in [3.63, 3.8) is 0 Å². The summed E-state index contributed by atoms with van der Waals surface area (Å²) in [7, 11) is 0.498. The molecule has 0 aliphatic heterocycles. The average Bonchev–Trinajstić information content (AvgIpc) is 3.71. The molecule has 0 atom stereocenters. The van der Waals surface area contributed by atoms with Crippen LogP contribution in [0, 0.1) is 0 Å². The molecular weight excluding hydrogens is 643 g/mol. The van der Waals surface area contributed by atoms with E-state index >= 15 is 0 Å². The van der Waals surface area contributed by atoms with E-state index < -0.39 is 0 Å². The molecule has 0 saturated heterocycles. The zero-order valence-electron chi connectivity index (χ0n) is 31.4. The molecule has 7 aromatic rings. The Hall–Kier alpha value is -5.19. The third-order valence-electron chi connectivity index (χ3n) is 9.68. The minimum absolute atomic E-state index is 0.0692. The second kappa shape index (κ2) is 16.0. The number of aromatic nitrogens is 2. The van der Waals surface area contributed by atoms with Crippen LogP contribution in [0.15, 0.2) is 189 Å². The molecular formula is C48H49BN2Si. The molecule has 4 heteroatoms. The molecule has 0 bridgehead atoms. The van der Waals surface area contributed by atoms with Gasteiger partial charge in [0, 0.05) is 12.4 Å². The molecule has 6 aromatic carbocycles. The Balaban J connectivity index is 0.000000206. The molecule has 2 nitrogen and oxygen atoms in total. The molecule has 0 spiro atoms. The van der Waals surface area contributed by atoms with Gasteiger partial charge in [0.05, 0.1) is 11.5 Å². The Bertz CT molecular complexity index is 1970. The van der Waals surface area contributed by atoms with E-state index in [2.05, 4.69) is 227 Å². The Morgan fingerprint density at radius 3 is 1.21 bits per heavy atom. The van der Waals surface area contributed by atoms with Gasteiger partial charge < -0.3 is 4.57 Å². The summed E-state index contributed by atoms with van der Waals surface area (Å²) in [6.45, 7) is 14.0. The lowest BCUT2D eigenvalue weighted by Gasteiger charge is -2.38. The highest BCUT2D eigenvalue weighted by molar-refractivity contribution is 6.95. The lowest BCUT2D eigenvalue weighted by atomic mass is 9.37. The molecule has 0 aliphatic carbocycles. The lowest BCUT2D eigenvalue weighted by molar-refractivity contribution is 0.565. The Kier molecular flexibility index (Phi) is 11.3. The molecule has 0 unspecified atom stereocenters. The quantitative estimate of drug-likeness (QED) is 0.146. The average molecular weight is 693 g/mol. The van der Waals surface area contributed by atoms with Crippen LogP contribution in [-0.2, 0) is 16.0 Å². The van der Waals surface area contributed by atoms with E-state index in [-0.39, 0.29) is 16.0 Å². The van der Waals surface area contributed by atoms with Gasteiger partial charge in [0.2, 0.25) is 6.71 Å². The lowest BCUT2D eigenvalue weighted by Crippen LogP contribution is -2.51. The number of hydrogen-bond donors (Lipinski definition) is 0. The second-order valence-corrected chi connectivity index (χ2v) is 17.0.